The number of fused-ring (bicyclic) bond motifs is 2. The van der Waals surface area contributed by atoms with Crippen LogP contribution in [0.25, 0.3) is 0 Å². The van der Waals surface area contributed by atoms with Crippen molar-refractivity contribution in [2.24, 2.45) is 17.3 Å². The van der Waals surface area contributed by atoms with Gasteiger partial charge in [-0.2, -0.15) is 0 Å². The maximum Gasteiger partial charge on any atom is 0.302 e. The molecule has 0 heterocycles. The molecule has 3 saturated carbocycles. The lowest BCUT2D eigenvalue weighted by atomic mass is 9.74. The summed E-state index contributed by atoms with van der Waals surface area (Å²) >= 11 is 11.9. The van der Waals surface area contributed by atoms with Gasteiger partial charge in [-0.05, 0) is 62.1 Å². The zero-order valence-electron chi connectivity index (χ0n) is 18.6. The van der Waals surface area contributed by atoms with Crippen molar-refractivity contribution in [1.29, 1.82) is 0 Å². The van der Waals surface area contributed by atoms with Crippen LogP contribution in [0.5, 0.6) is 5.75 Å². The average molecular weight is 518 g/mol. The van der Waals surface area contributed by atoms with Crippen molar-refractivity contribution in [1.82, 2.24) is 5.32 Å². The third-order valence-corrected chi connectivity index (χ3v) is 9.09. The van der Waals surface area contributed by atoms with Crippen molar-refractivity contribution in [3.8, 4) is 5.75 Å². The Morgan fingerprint density at radius 2 is 2.03 bits per heavy atom. The first kappa shape index (κ1) is 24.6. The van der Waals surface area contributed by atoms with Crippen LogP contribution < -0.4 is 10.1 Å². The Morgan fingerprint density at radius 1 is 1.24 bits per heavy atom. The van der Waals surface area contributed by atoms with Crippen molar-refractivity contribution >= 4 is 44.9 Å². The van der Waals surface area contributed by atoms with E-state index in [1.807, 2.05) is 0 Å². The van der Waals surface area contributed by atoms with Gasteiger partial charge in [-0.25, -0.2) is 8.42 Å². The second-order valence-electron chi connectivity index (χ2n) is 9.97. The van der Waals surface area contributed by atoms with Crippen LogP contribution in [-0.4, -0.2) is 44.1 Å². The highest BCUT2D eigenvalue weighted by molar-refractivity contribution is 7.91. The van der Waals surface area contributed by atoms with Crippen LogP contribution >= 0.6 is 23.2 Å². The molecule has 3 bridgehead atoms. The smallest absolute Gasteiger partial charge is 0.302 e. The van der Waals surface area contributed by atoms with E-state index in [0.717, 1.165) is 44.9 Å². The summed E-state index contributed by atoms with van der Waals surface area (Å²) in [6.45, 7) is 1.78. The summed E-state index contributed by atoms with van der Waals surface area (Å²) in [6.07, 6.45) is 6.58. The Balaban J connectivity index is 1.40. The number of hydrogen-bond donors (Lipinski definition) is 1. The van der Waals surface area contributed by atoms with Crippen LogP contribution in [0.3, 0.4) is 0 Å². The number of ether oxygens (including phenoxy) is 2. The van der Waals surface area contributed by atoms with Crippen LogP contribution in [0.2, 0.25) is 10.0 Å². The highest BCUT2D eigenvalue weighted by Crippen LogP contribution is 2.62. The van der Waals surface area contributed by atoms with Gasteiger partial charge in [-0.15, -0.1) is 0 Å². The molecule has 4 rings (SSSR count). The first-order valence-electron chi connectivity index (χ1n) is 11.2. The Hall–Kier alpha value is -1.51. The normalized spacial score (nSPS) is 30.5. The number of nitrogens with one attached hydrogen (secondary N) is 1. The number of esters is 1. The third kappa shape index (κ3) is 5.60. The van der Waals surface area contributed by atoms with E-state index in [-0.39, 0.29) is 22.2 Å². The largest absolute Gasteiger partial charge is 0.476 e. The molecule has 1 aromatic rings. The molecule has 1 aromatic carbocycles. The standard InChI is InChI=1S/C23H29Cl2NO6S/c1-15(27)31-13-22-6-2-3-16-7-17(22)10-23(9-16,12-22)26-21(28)11-33(29,30)14-32-20-5-4-18(24)8-19(20)25/h4-5,8,16-17H,2-3,6-7,9-14H2,1H3,(H,26,28). The van der Waals surface area contributed by atoms with Crippen molar-refractivity contribution in [3.63, 3.8) is 0 Å². The monoisotopic (exact) mass is 517 g/mol. The summed E-state index contributed by atoms with van der Waals surface area (Å²) in [4.78, 5) is 24.3. The molecule has 0 saturated heterocycles. The van der Waals surface area contributed by atoms with E-state index in [2.05, 4.69) is 5.32 Å². The van der Waals surface area contributed by atoms with E-state index < -0.39 is 33.0 Å². The Labute approximate surface area is 204 Å². The summed E-state index contributed by atoms with van der Waals surface area (Å²) in [5.74, 6) is -1.08. The molecule has 10 heteroatoms. The molecule has 3 aliphatic carbocycles. The number of amides is 1. The topological polar surface area (TPSA) is 98.8 Å². The van der Waals surface area contributed by atoms with Gasteiger partial charge in [0.15, 0.2) is 15.8 Å². The van der Waals surface area contributed by atoms with E-state index in [9.17, 15) is 18.0 Å². The molecule has 0 spiro atoms. The fraction of sp³-hybridized carbons (Fsp3) is 0.652. The summed E-state index contributed by atoms with van der Waals surface area (Å²) in [7, 11) is -3.83. The molecule has 0 radical (unpaired) electrons. The fourth-order valence-electron chi connectivity index (χ4n) is 6.31. The number of sulfone groups is 1. The minimum Gasteiger partial charge on any atom is -0.476 e. The Bertz CT molecular complexity index is 1050. The lowest BCUT2D eigenvalue weighted by Gasteiger charge is -2.38. The van der Waals surface area contributed by atoms with E-state index in [4.69, 9.17) is 32.7 Å². The van der Waals surface area contributed by atoms with E-state index in [0.29, 0.717) is 23.5 Å². The molecule has 1 N–H and O–H groups in total. The second-order valence-corrected chi connectivity index (χ2v) is 12.8. The number of carbonyl (C=O) groups excluding carboxylic acids is 2. The molecule has 1 amide bonds. The third-order valence-electron chi connectivity index (χ3n) is 7.38. The van der Waals surface area contributed by atoms with E-state index >= 15 is 0 Å². The summed E-state index contributed by atoms with van der Waals surface area (Å²) in [6, 6.07) is 4.49. The number of carbonyl (C=O) groups is 2. The van der Waals surface area contributed by atoms with Crippen LogP contribution in [0.15, 0.2) is 18.2 Å². The maximum absolute atomic E-state index is 12.8. The Kier molecular flexibility index (Phi) is 6.91. The van der Waals surface area contributed by atoms with Crippen LogP contribution in [0, 0.1) is 17.3 Å². The zero-order valence-corrected chi connectivity index (χ0v) is 20.9. The molecule has 3 fully saturated rings. The summed E-state index contributed by atoms with van der Waals surface area (Å²) in [5.41, 5.74) is -0.585. The second kappa shape index (κ2) is 9.27. The maximum atomic E-state index is 12.8. The number of benzene rings is 1. The molecular weight excluding hydrogens is 489 g/mol. The lowest BCUT2D eigenvalue weighted by molar-refractivity contribution is -0.145. The molecule has 4 atom stereocenters. The highest BCUT2D eigenvalue weighted by Gasteiger charge is 2.60. The molecule has 0 aliphatic heterocycles. The first-order chi connectivity index (χ1) is 15.5. The minimum absolute atomic E-state index is 0.141. The molecule has 4 unspecified atom stereocenters. The van der Waals surface area contributed by atoms with Gasteiger partial charge in [-0.1, -0.05) is 36.0 Å². The SMILES string of the molecule is CC(=O)OCC12CCCC3CC1CC(NC(=O)CS(=O)(=O)COc1ccc(Cl)cc1Cl)(C3)C2. The molecule has 182 valence electrons. The molecule has 33 heavy (non-hydrogen) atoms. The van der Waals surface area contributed by atoms with E-state index in [1.54, 1.807) is 6.07 Å². The van der Waals surface area contributed by atoms with Gasteiger partial charge in [0.1, 0.15) is 11.5 Å². The summed E-state index contributed by atoms with van der Waals surface area (Å²) < 4.78 is 35.9. The lowest BCUT2D eigenvalue weighted by Crippen LogP contribution is -2.51. The fourth-order valence-corrected chi connectivity index (χ4v) is 7.64. The predicted molar refractivity (Wildman–Crippen MR) is 125 cm³/mol. The van der Waals surface area contributed by atoms with Gasteiger partial charge in [0.2, 0.25) is 5.91 Å². The number of hydrogen-bond acceptors (Lipinski definition) is 6. The minimum atomic E-state index is -3.83. The number of halogens is 2. The summed E-state index contributed by atoms with van der Waals surface area (Å²) in [5, 5.41) is 3.69. The zero-order chi connectivity index (χ0) is 23.9. The van der Waals surface area contributed by atoms with Crippen molar-refractivity contribution < 1.29 is 27.5 Å². The molecular formula is C23H29Cl2NO6S. The Morgan fingerprint density at radius 3 is 2.76 bits per heavy atom. The van der Waals surface area contributed by atoms with Gasteiger partial charge < -0.3 is 14.8 Å². The van der Waals surface area contributed by atoms with Gasteiger partial charge in [-0.3, -0.25) is 9.59 Å². The molecule has 0 aromatic heterocycles. The quantitative estimate of drug-likeness (QED) is 0.520. The van der Waals surface area contributed by atoms with Crippen molar-refractivity contribution in [3.05, 3.63) is 28.2 Å². The number of rotatable bonds is 8. The predicted octanol–water partition coefficient (Wildman–Crippen LogP) is 4.15. The van der Waals surface area contributed by atoms with E-state index in [1.165, 1.54) is 19.1 Å². The average Bonchev–Trinajstić information content (AvgIpc) is 2.82. The van der Waals surface area contributed by atoms with Gasteiger partial charge >= 0.3 is 5.97 Å². The van der Waals surface area contributed by atoms with Gasteiger partial charge in [0, 0.05) is 22.9 Å². The highest BCUT2D eigenvalue weighted by atomic mass is 35.5. The van der Waals surface area contributed by atoms with Crippen LogP contribution in [0.1, 0.15) is 51.9 Å². The van der Waals surface area contributed by atoms with Crippen molar-refractivity contribution in [2.75, 3.05) is 18.3 Å². The van der Waals surface area contributed by atoms with Crippen LogP contribution in [-0.2, 0) is 24.2 Å². The van der Waals surface area contributed by atoms with Crippen molar-refractivity contribution in [2.45, 2.75) is 57.4 Å². The van der Waals surface area contributed by atoms with Crippen LogP contribution in [0.4, 0.5) is 0 Å². The first-order valence-corrected chi connectivity index (χ1v) is 13.8. The molecule has 7 nitrogen and oxygen atoms in total. The van der Waals surface area contributed by atoms with Gasteiger partial charge in [0.25, 0.3) is 0 Å². The van der Waals surface area contributed by atoms with Gasteiger partial charge in [0.05, 0.1) is 11.6 Å². The molecule has 3 aliphatic rings.